The third kappa shape index (κ3) is 1.88. The first-order valence-electron chi connectivity index (χ1n) is 6.97. The fourth-order valence-corrected chi connectivity index (χ4v) is 3.53. The predicted octanol–water partition coefficient (Wildman–Crippen LogP) is 1.96. The van der Waals surface area contributed by atoms with Crippen LogP contribution in [-0.4, -0.2) is 39.6 Å². The van der Waals surface area contributed by atoms with Crippen LogP contribution in [-0.2, 0) is 6.54 Å². The summed E-state index contributed by atoms with van der Waals surface area (Å²) >= 11 is 0. The number of Topliss-reactive ketones (excluding diaryl/α,β-unsaturated/α-hetero) is 1. The number of rotatable bonds is 3. The maximum atomic E-state index is 12.5. The molecule has 2 aliphatic rings. The Morgan fingerprint density at radius 2 is 2.06 bits per heavy atom. The first-order chi connectivity index (χ1) is 8.69. The molecule has 0 aromatic carbocycles. The van der Waals surface area contributed by atoms with Crippen molar-refractivity contribution < 1.29 is 4.79 Å². The second-order valence-corrected chi connectivity index (χ2v) is 5.67. The van der Waals surface area contributed by atoms with Crippen LogP contribution in [0.15, 0.2) is 12.4 Å². The van der Waals surface area contributed by atoms with Gasteiger partial charge in [-0.05, 0) is 39.7 Å². The van der Waals surface area contributed by atoms with E-state index in [2.05, 4.69) is 17.0 Å². The van der Waals surface area contributed by atoms with E-state index in [1.54, 1.807) is 6.20 Å². The summed E-state index contributed by atoms with van der Waals surface area (Å²) in [5.74, 6) is 0.521. The molecule has 2 bridgehead atoms. The van der Waals surface area contributed by atoms with Gasteiger partial charge < -0.3 is 4.90 Å². The summed E-state index contributed by atoms with van der Waals surface area (Å²) in [5, 5.41) is 4.20. The molecule has 2 atom stereocenters. The van der Waals surface area contributed by atoms with Crippen LogP contribution in [0.5, 0.6) is 0 Å². The number of aryl methyl sites for hydroxylation is 1. The molecule has 2 fully saturated rings. The smallest absolute Gasteiger partial charge is 0.169 e. The monoisotopic (exact) mass is 247 g/mol. The van der Waals surface area contributed by atoms with Crippen molar-refractivity contribution in [3.8, 4) is 0 Å². The van der Waals surface area contributed by atoms with Crippen molar-refractivity contribution in [2.24, 2.45) is 5.92 Å². The van der Waals surface area contributed by atoms with Crippen LogP contribution < -0.4 is 0 Å². The van der Waals surface area contributed by atoms with Gasteiger partial charge in [-0.25, -0.2) is 0 Å². The van der Waals surface area contributed by atoms with E-state index in [0.29, 0.717) is 17.9 Å². The zero-order chi connectivity index (χ0) is 12.7. The molecule has 98 valence electrons. The molecule has 4 nitrogen and oxygen atoms in total. The molecule has 3 rings (SSSR count). The lowest BCUT2D eigenvalue weighted by atomic mass is 9.86. The van der Waals surface area contributed by atoms with Crippen LogP contribution in [0.2, 0.25) is 0 Å². The van der Waals surface area contributed by atoms with Crippen LogP contribution in [0.1, 0.15) is 43.0 Å². The van der Waals surface area contributed by atoms with Gasteiger partial charge >= 0.3 is 0 Å². The summed E-state index contributed by atoms with van der Waals surface area (Å²) < 4.78 is 1.83. The standard InChI is InChI=1S/C14H21N3O/c1-3-17-9-11(8-15-17)14(18)10-6-12-4-5-13(7-10)16(12)2/h8-10,12-13H,3-7H2,1-2H3. The first-order valence-corrected chi connectivity index (χ1v) is 6.97. The maximum absolute atomic E-state index is 12.5. The molecule has 2 unspecified atom stereocenters. The Morgan fingerprint density at radius 1 is 1.39 bits per heavy atom. The Kier molecular flexibility index (Phi) is 2.98. The van der Waals surface area contributed by atoms with Crippen LogP contribution in [0.3, 0.4) is 0 Å². The topological polar surface area (TPSA) is 38.1 Å². The third-order valence-corrected chi connectivity index (χ3v) is 4.71. The Bertz CT molecular complexity index is 440. The molecule has 0 N–H and O–H groups in total. The molecule has 2 saturated heterocycles. The summed E-state index contributed by atoms with van der Waals surface area (Å²) in [7, 11) is 2.21. The number of piperidine rings is 1. The number of carbonyl (C=O) groups excluding carboxylic acids is 1. The lowest BCUT2D eigenvalue weighted by Crippen LogP contribution is -2.42. The molecule has 0 aliphatic carbocycles. The highest BCUT2D eigenvalue weighted by molar-refractivity contribution is 5.97. The molecular formula is C14H21N3O. The molecule has 1 aromatic rings. The number of hydrogen-bond donors (Lipinski definition) is 0. The highest BCUT2D eigenvalue weighted by atomic mass is 16.1. The van der Waals surface area contributed by atoms with Crippen LogP contribution >= 0.6 is 0 Å². The second kappa shape index (κ2) is 4.50. The highest BCUT2D eigenvalue weighted by Crippen LogP contribution is 2.38. The van der Waals surface area contributed by atoms with E-state index in [0.717, 1.165) is 24.9 Å². The van der Waals surface area contributed by atoms with Crippen molar-refractivity contribution in [2.45, 2.75) is 51.2 Å². The van der Waals surface area contributed by atoms with Crippen LogP contribution in [0.25, 0.3) is 0 Å². The lowest BCUT2D eigenvalue weighted by molar-refractivity contribution is 0.0767. The maximum Gasteiger partial charge on any atom is 0.169 e. The van der Waals surface area contributed by atoms with Gasteiger partial charge in [0.2, 0.25) is 0 Å². The van der Waals surface area contributed by atoms with Crippen molar-refractivity contribution in [2.75, 3.05) is 7.05 Å². The van der Waals surface area contributed by atoms with Gasteiger partial charge in [-0.2, -0.15) is 5.10 Å². The van der Waals surface area contributed by atoms with Gasteiger partial charge in [0.25, 0.3) is 0 Å². The van der Waals surface area contributed by atoms with E-state index in [-0.39, 0.29) is 5.92 Å². The number of aromatic nitrogens is 2. The molecule has 0 amide bonds. The Labute approximate surface area is 108 Å². The number of fused-ring (bicyclic) bond motifs is 2. The van der Waals surface area contributed by atoms with Crippen molar-refractivity contribution >= 4 is 5.78 Å². The van der Waals surface area contributed by atoms with Crippen molar-refractivity contribution in [3.05, 3.63) is 18.0 Å². The largest absolute Gasteiger partial charge is 0.300 e. The first kappa shape index (κ1) is 11.9. The fraction of sp³-hybridized carbons (Fsp3) is 0.714. The summed E-state index contributed by atoms with van der Waals surface area (Å²) in [4.78, 5) is 15.0. The van der Waals surface area contributed by atoms with Crippen LogP contribution in [0.4, 0.5) is 0 Å². The molecule has 4 heteroatoms. The summed E-state index contributed by atoms with van der Waals surface area (Å²) in [6, 6.07) is 1.25. The third-order valence-electron chi connectivity index (χ3n) is 4.71. The van der Waals surface area contributed by atoms with E-state index in [1.807, 2.05) is 17.8 Å². The fourth-order valence-electron chi connectivity index (χ4n) is 3.53. The van der Waals surface area contributed by atoms with Gasteiger partial charge in [0.1, 0.15) is 0 Å². The minimum Gasteiger partial charge on any atom is -0.300 e. The summed E-state index contributed by atoms with van der Waals surface area (Å²) in [6.45, 7) is 2.86. The number of hydrogen-bond acceptors (Lipinski definition) is 3. The van der Waals surface area contributed by atoms with Crippen LogP contribution in [0, 0.1) is 5.92 Å². The predicted molar refractivity (Wildman–Crippen MR) is 69.5 cm³/mol. The van der Waals surface area contributed by atoms with Gasteiger partial charge in [0.05, 0.1) is 11.8 Å². The number of carbonyl (C=O) groups is 1. The van der Waals surface area contributed by atoms with Gasteiger partial charge in [0.15, 0.2) is 5.78 Å². The Balaban J connectivity index is 1.74. The van der Waals surface area contributed by atoms with E-state index in [9.17, 15) is 4.79 Å². The Morgan fingerprint density at radius 3 is 2.61 bits per heavy atom. The van der Waals surface area contributed by atoms with Crippen molar-refractivity contribution in [1.29, 1.82) is 0 Å². The van der Waals surface area contributed by atoms with Gasteiger partial charge in [-0.15, -0.1) is 0 Å². The average Bonchev–Trinajstić information content (AvgIpc) is 2.91. The minimum absolute atomic E-state index is 0.216. The zero-order valence-electron chi connectivity index (χ0n) is 11.2. The molecular weight excluding hydrogens is 226 g/mol. The van der Waals surface area contributed by atoms with Crippen molar-refractivity contribution in [3.63, 3.8) is 0 Å². The van der Waals surface area contributed by atoms with Gasteiger partial charge in [0, 0.05) is 30.7 Å². The second-order valence-electron chi connectivity index (χ2n) is 5.67. The summed E-state index contributed by atoms with van der Waals surface area (Å²) in [5.41, 5.74) is 0.797. The van der Waals surface area contributed by atoms with E-state index >= 15 is 0 Å². The normalized spacial score (nSPS) is 31.8. The highest BCUT2D eigenvalue weighted by Gasteiger charge is 2.41. The Hall–Kier alpha value is -1.16. The minimum atomic E-state index is 0.216. The molecule has 2 aliphatic heterocycles. The lowest BCUT2D eigenvalue weighted by Gasteiger charge is -2.35. The molecule has 1 aromatic heterocycles. The molecule has 0 spiro atoms. The number of ketones is 1. The molecule has 3 heterocycles. The SMILES string of the molecule is CCn1cc(C(=O)C2CC3CCC(C2)N3C)cn1. The molecule has 0 radical (unpaired) electrons. The van der Waals surface area contributed by atoms with E-state index in [1.165, 1.54) is 12.8 Å². The van der Waals surface area contributed by atoms with E-state index in [4.69, 9.17) is 0 Å². The number of nitrogens with zero attached hydrogens (tertiary/aromatic N) is 3. The zero-order valence-corrected chi connectivity index (χ0v) is 11.2. The molecule has 0 saturated carbocycles. The summed E-state index contributed by atoms with van der Waals surface area (Å²) in [6.07, 6.45) is 8.21. The van der Waals surface area contributed by atoms with Gasteiger partial charge in [-0.3, -0.25) is 9.48 Å². The molecule has 18 heavy (non-hydrogen) atoms. The van der Waals surface area contributed by atoms with Crippen molar-refractivity contribution in [1.82, 2.24) is 14.7 Å². The quantitative estimate of drug-likeness (QED) is 0.766. The average molecular weight is 247 g/mol. The van der Waals surface area contributed by atoms with E-state index < -0.39 is 0 Å². The van der Waals surface area contributed by atoms with Gasteiger partial charge in [-0.1, -0.05) is 0 Å².